The lowest BCUT2D eigenvalue weighted by atomic mass is 10.2. The van der Waals surface area contributed by atoms with Crippen molar-refractivity contribution in [3.8, 4) is 11.8 Å². The molecule has 7 nitrogen and oxygen atoms in total. The van der Waals surface area contributed by atoms with Gasteiger partial charge in [0.2, 0.25) is 10.0 Å². The highest BCUT2D eigenvalue weighted by Crippen LogP contribution is 2.20. The van der Waals surface area contributed by atoms with Crippen LogP contribution in [0.4, 0.5) is 0 Å². The van der Waals surface area contributed by atoms with Crippen molar-refractivity contribution in [2.24, 2.45) is 0 Å². The van der Waals surface area contributed by atoms with Crippen molar-refractivity contribution in [3.63, 3.8) is 0 Å². The van der Waals surface area contributed by atoms with E-state index in [-0.39, 0.29) is 29.3 Å². The fourth-order valence-corrected chi connectivity index (χ4v) is 3.97. The van der Waals surface area contributed by atoms with Crippen LogP contribution in [0.3, 0.4) is 0 Å². The molecule has 0 radical (unpaired) electrons. The molecule has 0 saturated carbocycles. The molecule has 134 valence electrons. The van der Waals surface area contributed by atoms with Crippen LogP contribution in [-0.4, -0.2) is 45.0 Å². The molecular formula is C18H16N2O5S. The largest absolute Gasteiger partial charge is 0.423 e. The molecule has 0 N–H and O–H groups in total. The van der Waals surface area contributed by atoms with Crippen molar-refractivity contribution >= 4 is 16.0 Å². The molecule has 1 heterocycles. The van der Waals surface area contributed by atoms with Crippen LogP contribution in [0.5, 0.6) is 5.75 Å². The Bertz CT molecular complexity index is 960. The van der Waals surface area contributed by atoms with Gasteiger partial charge in [0.1, 0.15) is 5.75 Å². The number of benzene rings is 2. The molecule has 2 aromatic rings. The van der Waals surface area contributed by atoms with Gasteiger partial charge in [-0.05, 0) is 36.4 Å². The SMILES string of the molecule is N#Cc1cccc(OC(=O)c2cccc(S(=O)(=O)N3CCOCC3)c2)c1. The van der Waals surface area contributed by atoms with Crippen LogP contribution in [0, 0.1) is 11.3 Å². The normalized spacial score (nSPS) is 15.2. The summed E-state index contributed by atoms with van der Waals surface area (Å²) in [6.07, 6.45) is 0. The highest BCUT2D eigenvalue weighted by molar-refractivity contribution is 7.89. The van der Waals surface area contributed by atoms with E-state index in [0.717, 1.165) is 0 Å². The molecule has 0 bridgehead atoms. The van der Waals surface area contributed by atoms with Gasteiger partial charge in [-0.3, -0.25) is 0 Å². The summed E-state index contributed by atoms with van der Waals surface area (Å²) in [4.78, 5) is 12.4. The maximum Gasteiger partial charge on any atom is 0.343 e. The summed E-state index contributed by atoms with van der Waals surface area (Å²) >= 11 is 0. The first-order valence-electron chi connectivity index (χ1n) is 7.91. The average molecular weight is 372 g/mol. The Hall–Kier alpha value is -2.73. The topological polar surface area (TPSA) is 96.7 Å². The molecule has 2 aromatic carbocycles. The molecule has 0 unspecified atom stereocenters. The van der Waals surface area contributed by atoms with Crippen molar-refractivity contribution in [3.05, 3.63) is 59.7 Å². The quantitative estimate of drug-likeness (QED) is 0.600. The number of carbonyl (C=O) groups excluding carboxylic acids is 1. The minimum Gasteiger partial charge on any atom is -0.423 e. The fraction of sp³-hybridized carbons (Fsp3) is 0.222. The lowest BCUT2D eigenvalue weighted by molar-refractivity contribution is 0.0727. The van der Waals surface area contributed by atoms with E-state index < -0.39 is 16.0 Å². The lowest BCUT2D eigenvalue weighted by Gasteiger charge is -2.26. The van der Waals surface area contributed by atoms with E-state index in [0.29, 0.717) is 18.8 Å². The zero-order valence-electron chi connectivity index (χ0n) is 13.8. The van der Waals surface area contributed by atoms with E-state index >= 15 is 0 Å². The van der Waals surface area contributed by atoms with Gasteiger partial charge >= 0.3 is 5.97 Å². The van der Waals surface area contributed by atoms with Gasteiger partial charge in [-0.15, -0.1) is 0 Å². The number of sulfonamides is 1. The smallest absolute Gasteiger partial charge is 0.343 e. The van der Waals surface area contributed by atoms with Crippen LogP contribution in [-0.2, 0) is 14.8 Å². The second-order valence-corrected chi connectivity index (χ2v) is 7.51. The predicted octanol–water partition coefficient (Wildman–Crippen LogP) is 1.80. The number of hydrogen-bond acceptors (Lipinski definition) is 6. The Morgan fingerprint density at radius 2 is 1.85 bits per heavy atom. The van der Waals surface area contributed by atoms with E-state index in [1.165, 1.54) is 34.6 Å². The number of carbonyl (C=O) groups is 1. The van der Waals surface area contributed by atoms with Gasteiger partial charge in [0, 0.05) is 13.1 Å². The maximum atomic E-state index is 12.7. The molecule has 0 spiro atoms. The van der Waals surface area contributed by atoms with Crippen LogP contribution in [0.25, 0.3) is 0 Å². The van der Waals surface area contributed by atoms with Crippen molar-refractivity contribution in [1.29, 1.82) is 5.26 Å². The molecule has 8 heteroatoms. The summed E-state index contributed by atoms with van der Waals surface area (Å²) in [6.45, 7) is 1.24. The average Bonchev–Trinajstić information content (AvgIpc) is 2.69. The highest BCUT2D eigenvalue weighted by Gasteiger charge is 2.27. The van der Waals surface area contributed by atoms with Gasteiger partial charge in [0.25, 0.3) is 0 Å². The van der Waals surface area contributed by atoms with Crippen LogP contribution >= 0.6 is 0 Å². The third-order valence-electron chi connectivity index (χ3n) is 3.85. The van der Waals surface area contributed by atoms with E-state index in [1.54, 1.807) is 18.2 Å². The molecule has 1 saturated heterocycles. The summed E-state index contributed by atoms with van der Waals surface area (Å²) < 4.78 is 37.1. The third kappa shape index (κ3) is 3.91. The molecular weight excluding hydrogens is 356 g/mol. The molecule has 1 fully saturated rings. The van der Waals surface area contributed by atoms with Gasteiger partial charge in [0.15, 0.2) is 0 Å². The van der Waals surface area contributed by atoms with Crippen molar-refractivity contribution in [2.45, 2.75) is 4.90 Å². The van der Waals surface area contributed by atoms with Gasteiger partial charge in [-0.2, -0.15) is 9.57 Å². The number of ether oxygens (including phenoxy) is 2. The number of nitrogens with zero attached hydrogens (tertiary/aromatic N) is 2. The molecule has 26 heavy (non-hydrogen) atoms. The van der Waals surface area contributed by atoms with Gasteiger partial charge in [-0.1, -0.05) is 12.1 Å². The standard InChI is InChI=1S/C18H16N2O5S/c19-13-14-3-1-5-16(11-14)25-18(21)15-4-2-6-17(12-15)26(22,23)20-7-9-24-10-8-20/h1-6,11-12H,7-10H2. The number of hydrogen-bond donors (Lipinski definition) is 0. The third-order valence-corrected chi connectivity index (χ3v) is 5.75. The minimum atomic E-state index is -3.70. The van der Waals surface area contributed by atoms with Gasteiger partial charge < -0.3 is 9.47 Å². The van der Waals surface area contributed by atoms with E-state index in [1.807, 2.05) is 6.07 Å². The summed E-state index contributed by atoms with van der Waals surface area (Å²) in [5.41, 5.74) is 0.473. The van der Waals surface area contributed by atoms with Crippen molar-refractivity contribution in [1.82, 2.24) is 4.31 Å². The summed E-state index contributed by atoms with van der Waals surface area (Å²) in [7, 11) is -3.70. The fourth-order valence-electron chi connectivity index (χ4n) is 2.51. The molecule has 0 amide bonds. The van der Waals surface area contributed by atoms with E-state index in [4.69, 9.17) is 14.7 Å². The zero-order chi connectivity index (χ0) is 18.6. The first-order valence-corrected chi connectivity index (χ1v) is 9.35. The number of rotatable bonds is 4. The summed E-state index contributed by atoms with van der Waals surface area (Å²) in [6, 6.07) is 13.8. The second kappa shape index (κ2) is 7.66. The van der Waals surface area contributed by atoms with Crippen molar-refractivity contribution < 1.29 is 22.7 Å². The van der Waals surface area contributed by atoms with Gasteiger partial charge in [-0.25, -0.2) is 13.2 Å². The van der Waals surface area contributed by atoms with Crippen LogP contribution in [0.1, 0.15) is 15.9 Å². The molecule has 0 aromatic heterocycles. The zero-order valence-corrected chi connectivity index (χ0v) is 14.6. The molecule has 1 aliphatic heterocycles. The minimum absolute atomic E-state index is 0.0274. The Labute approximate surface area is 151 Å². The number of morpholine rings is 1. The first-order chi connectivity index (χ1) is 12.5. The highest BCUT2D eigenvalue weighted by atomic mass is 32.2. The number of esters is 1. The Morgan fingerprint density at radius 3 is 2.58 bits per heavy atom. The van der Waals surface area contributed by atoms with E-state index in [9.17, 15) is 13.2 Å². The van der Waals surface area contributed by atoms with Crippen molar-refractivity contribution in [2.75, 3.05) is 26.3 Å². The Balaban J connectivity index is 1.82. The second-order valence-electron chi connectivity index (χ2n) is 5.57. The lowest BCUT2D eigenvalue weighted by Crippen LogP contribution is -2.40. The Kier molecular flexibility index (Phi) is 5.32. The Morgan fingerprint density at radius 1 is 1.12 bits per heavy atom. The number of nitriles is 1. The monoisotopic (exact) mass is 372 g/mol. The first kappa shape index (κ1) is 18.1. The molecule has 3 rings (SSSR count). The molecule has 0 aliphatic carbocycles. The maximum absolute atomic E-state index is 12.7. The summed E-state index contributed by atoms with van der Waals surface area (Å²) in [5.74, 6) is -0.477. The van der Waals surface area contributed by atoms with Crippen LogP contribution < -0.4 is 4.74 Å². The molecule has 1 aliphatic rings. The van der Waals surface area contributed by atoms with E-state index in [2.05, 4.69) is 0 Å². The predicted molar refractivity (Wildman–Crippen MR) is 92.1 cm³/mol. The van der Waals surface area contributed by atoms with Crippen LogP contribution in [0.15, 0.2) is 53.4 Å². The molecule has 0 atom stereocenters. The van der Waals surface area contributed by atoms with Gasteiger partial charge in [0.05, 0.1) is 35.3 Å². The van der Waals surface area contributed by atoms with Crippen LogP contribution in [0.2, 0.25) is 0 Å². The summed E-state index contributed by atoms with van der Waals surface area (Å²) in [5, 5.41) is 8.89.